The molecule has 0 fully saturated rings. The molecule has 0 aliphatic heterocycles. The molecular weight excluding hydrogens is 240 g/mol. The molecule has 3 N–H and O–H groups in total. The molecule has 0 saturated heterocycles. The third-order valence-corrected chi connectivity index (χ3v) is 2.96. The van der Waals surface area contributed by atoms with E-state index in [-0.39, 0.29) is 17.9 Å². The van der Waals surface area contributed by atoms with Gasteiger partial charge in [-0.15, -0.1) is 0 Å². The number of carbonyl (C=O) groups excluding carboxylic acids is 1. The molecule has 0 unspecified atom stereocenters. The first-order valence-electron chi connectivity index (χ1n) is 6.70. The van der Waals surface area contributed by atoms with Crippen molar-refractivity contribution in [2.45, 2.75) is 26.7 Å². The predicted octanol–water partition coefficient (Wildman–Crippen LogP) is 2.01. The highest BCUT2D eigenvalue weighted by Crippen LogP contribution is 2.20. The highest BCUT2D eigenvalue weighted by atomic mass is 16.2. The van der Waals surface area contributed by atoms with E-state index in [1.807, 2.05) is 30.3 Å². The van der Waals surface area contributed by atoms with Crippen LogP contribution in [0.15, 0.2) is 30.3 Å². The molecule has 1 aromatic carbocycles. The summed E-state index contributed by atoms with van der Waals surface area (Å²) in [5.74, 6) is -0.0378. The molecule has 1 amide bonds. The number of para-hydroxylation sites is 1. The van der Waals surface area contributed by atoms with Gasteiger partial charge >= 0.3 is 0 Å². The average molecular weight is 264 g/mol. The van der Waals surface area contributed by atoms with Crippen LogP contribution in [0.25, 0.3) is 0 Å². The highest BCUT2D eigenvalue weighted by Gasteiger charge is 2.17. The van der Waals surface area contributed by atoms with Gasteiger partial charge in [0.15, 0.2) is 0 Å². The fraction of sp³-hybridized carbons (Fsp3) is 0.533. The minimum absolute atomic E-state index is 0.0378. The van der Waals surface area contributed by atoms with Crippen molar-refractivity contribution in [2.24, 2.45) is 5.41 Å². The summed E-state index contributed by atoms with van der Waals surface area (Å²) in [5, 5.41) is 14.8. The van der Waals surface area contributed by atoms with E-state index in [1.165, 1.54) is 0 Å². The van der Waals surface area contributed by atoms with Crippen LogP contribution in [0.1, 0.15) is 26.7 Å². The van der Waals surface area contributed by atoms with Crippen molar-refractivity contribution in [2.75, 3.05) is 25.0 Å². The minimum Gasteiger partial charge on any atom is -0.396 e. The summed E-state index contributed by atoms with van der Waals surface area (Å²) < 4.78 is 0. The van der Waals surface area contributed by atoms with E-state index < -0.39 is 0 Å². The first kappa shape index (κ1) is 15.7. The van der Waals surface area contributed by atoms with Crippen LogP contribution in [0.2, 0.25) is 0 Å². The third-order valence-electron chi connectivity index (χ3n) is 2.96. The van der Waals surface area contributed by atoms with Crippen molar-refractivity contribution in [1.29, 1.82) is 0 Å². The van der Waals surface area contributed by atoms with Gasteiger partial charge in [-0.25, -0.2) is 0 Å². The lowest BCUT2D eigenvalue weighted by atomic mass is 9.88. The molecule has 4 nitrogen and oxygen atoms in total. The van der Waals surface area contributed by atoms with Crippen molar-refractivity contribution in [3.8, 4) is 0 Å². The molecule has 0 bridgehead atoms. The monoisotopic (exact) mass is 264 g/mol. The number of amides is 1. The number of carbonyl (C=O) groups is 1. The van der Waals surface area contributed by atoms with Crippen LogP contribution >= 0.6 is 0 Å². The van der Waals surface area contributed by atoms with Crippen LogP contribution in [-0.4, -0.2) is 30.7 Å². The molecule has 0 radical (unpaired) electrons. The van der Waals surface area contributed by atoms with E-state index >= 15 is 0 Å². The zero-order chi connectivity index (χ0) is 14.1. The van der Waals surface area contributed by atoms with Crippen molar-refractivity contribution < 1.29 is 9.90 Å². The summed E-state index contributed by atoms with van der Waals surface area (Å²) in [6.07, 6.45) is 1.74. The van der Waals surface area contributed by atoms with Gasteiger partial charge in [-0.3, -0.25) is 4.79 Å². The maximum Gasteiger partial charge on any atom is 0.238 e. The van der Waals surface area contributed by atoms with Crippen LogP contribution in [0.5, 0.6) is 0 Å². The summed E-state index contributed by atoms with van der Waals surface area (Å²) in [4.78, 5) is 11.7. The number of hydrogen-bond donors (Lipinski definition) is 3. The lowest BCUT2D eigenvalue weighted by Gasteiger charge is -2.24. The van der Waals surface area contributed by atoms with Crippen molar-refractivity contribution in [3.05, 3.63) is 30.3 Å². The SMILES string of the molecule is CC(C)(CCCO)CNCC(=O)Nc1ccccc1. The number of anilines is 1. The highest BCUT2D eigenvalue weighted by molar-refractivity contribution is 5.92. The zero-order valence-electron chi connectivity index (χ0n) is 11.8. The predicted molar refractivity (Wildman–Crippen MR) is 78.0 cm³/mol. The molecule has 0 spiro atoms. The van der Waals surface area contributed by atoms with Gasteiger partial charge < -0.3 is 15.7 Å². The Labute approximate surface area is 115 Å². The number of benzene rings is 1. The van der Waals surface area contributed by atoms with Gasteiger partial charge in [0.1, 0.15) is 0 Å². The van der Waals surface area contributed by atoms with Gasteiger partial charge in [0.05, 0.1) is 6.54 Å². The second-order valence-corrected chi connectivity index (χ2v) is 5.51. The molecule has 106 valence electrons. The largest absolute Gasteiger partial charge is 0.396 e. The molecule has 0 aliphatic rings. The normalized spacial score (nSPS) is 11.3. The Morgan fingerprint density at radius 1 is 1.26 bits per heavy atom. The number of aliphatic hydroxyl groups is 1. The Hall–Kier alpha value is -1.39. The second-order valence-electron chi connectivity index (χ2n) is 5.51. The minimum atomic E-state index is -0.0378. The third kappa shape index (κ3) is 6.94. The van der Waals surface area contributed by atoms with Gasteiger partial charge in [-0.05, 0) is 30.4 Å². The quantitative estimate of drug-likeness (QED) is 0.673. The summed E-state index contributed by atoms with van der Waals surface area (Å²) in [7, 11) is 0. The van der Waals surface area contributed by atoms with Gasteiger partial charge in [-0.1, -0.05) is 32.0 Å². The van der Waals surface area contributed by atoms with Crippen LogP contribution in [0.3, 0.4) is 0 Å². The number of hydrogen-bond acceptors (Lipinski definition) is 3. The Bertz CT molecular complexity index is 377. The zero-order valence-corrected chi connectivity index (χ0v) is 11.8. The topological polar surface area (TPSA) is 61.4 Å². The maximum atomic E-state index is 11.7. The smallest absolute Gasteiger partial charge is 0.238 e. The first-order chi connectivity index (χ1) is 9.03. The Kier molecular flexibility index (Phi) is 6.53. The Balaban J connectivity index is 2.23. The van der Waals surface area contributed by atoms with Crippen molar-refractivity contribution in [3.63, 3.8) is 0 Å². The average Bonchev–Trinajstić information content (AvgIpc) is 2.37. The van der Waals surface area contributed by atoms with Gasteiger partial charge in [0, 0.05) is 18.8 Å². The summed E-state index contributed by atoms with van der Waals surface area (Å²) in [6, 6.07) is 9.42. The molecule has 0 heterocycles. The number of nitrogens with one attached hydrogen (secondary N) is 2. The van der Waals surface area contributed by atoms with Crippen molar-refractivity contribution in [1.82, 2.24) is 5.32 Å². The van der Waals surface area contributed by atoms with Crippen LogP contribution < -0.4 is 10.6 Å². The van der Waals surface area contributed by atoms with E-state index in [2.05, 4.69) is 24.5 Å². The van der Waals surface area contributed by atoms with E-state index in [0.717, 1.165) is 25.1 Å². The van der Waals surface area contributed by atoms with E-state index in [1.54, 1.807) is 0 Å². The number of aliphatic hydroxyl groups excluding tert-OH is 1. The summed E-state index contributed by atoms with van der Waals surface area (Å²) in [5.41, 5.74) is 0.907. The standard InChI is InChI=1S/C15H24N2O2/c1-15(2,9-6-10-18)12-16-11-14(19)17-13-7-4-3-5-8-13/h3-5,7-8,16,18H,6,9-12H2,1-2H3,(H,17,19). The maximum absolute atomic E-state index is 11.7. The van der Waals surface area contributed by atoms with E-state index in [0.29, 0.717) is 6.54 Å². The van der Waals surface area contributed by atoms with Crippen molar-refractivity contribution >= 4 is 11.6 Å². The molecule has 4 heteroatoms. The fourth-order valence-electron chi connectivity index (χ4n) is 1.89. The van der Waals surface area contributed by atoms with Crippen LogP contribution in [0.4, 0.5) is 5.69 Å². The molecule has 0 saturated carbocycles. The van der Waals surface area contributed by atoms with Gasteiger partial charge in [-0.2, -0.15) is 0 Å². The molecule has 0 aliphatic carbocycles. The van der Waals surface area contributed by atoms with Crippen LogP contribution in [-0.2, 0) is 4.79 Å². The Morgan fingerprint density at radius 2 is 1.95 bits per heavy atom. The Morgan fingerprint density at radius 3 is 2.58 bits per heavy atom. The fourth-order valence-corrected chi connectivity index (χ4v) is 1.89. The summed E-state index contributed by atoms with van der Waals surface area (Å²) >= 11 is 0. The molecule has 1 rings (SSSR count). The molecule has 1 aromatic rings. The molecule has 0 atom stereocenters. The van der Waals surface area contributed by atoms with Crippen LogP contribution in [0, 0.1) is 5.41 Å². The first-order valence-corrected chi connectivity index (χ1v) is 6.70. The lowest BCUT2D eigenvalue weighted by Crippen LogP contribution is -2.35. The molecule has 19 heavy (non-hydrogen) atoms. The number of rotatable bonds is 8. The summed E-state index contributed by atoms with van der Waals surface area (Å²) in [6.45, 7) is 5.54. The van der Waals surface area contributed by atoms with E-state index in [4.69, 9.17) is 5.11 Å². The second kappa shape index (κ2) is 7.92. The van der Waals surface area contributed by atoms with Gasteiger partial charge in [0.25, 0.3) is 0 Å². The van der Waals surface area contributed by atoms with E-state index in [9.17, 15) is 4.79 Å². The molecule has 0 aromatic heterocycles. The molecular formula is C15H24N2O2. The van der Waals surface area contributed by atoms with Gasteiger partial charge in [0.2, 0.25) is 5.91 Å². The lowest BCUT2D eigenvalue weighted by molar-refractivity contribution is -0.115.